The quantitative estimate of drug-likeness (QED) is 0.840. The summed E-state index contributed by atoms with van der Waals surface area (Å²) in [5.41, 5.74) is 2.53. The molecule has 1 fully saturated rings. The van der Waals surface area contributed by atoms with E-state index in [9.17, 15) is 19.8 Å². The van der Waals surface area contributed by atoms with Gasteiger partial charge in [0.1, 0.15) is 0 Å². The summed E-state index contributed by atoms with van der Waals surface area (Å²) in [6.45, 7) is 8.06. The lowest BCUT2D eigenvalue weighted by molar-refractivity contribution is -0.157. The number of fused-ring (bicyclic) bond motifs is 3. The molecule has 0 radical (unpaired) electrons. The van der Waals surface area contributed by atoms with Crippen molar-refractivity contribution in [1.82, 2.24) is 0 Å². The van der Waals surface area contributed by atoms with E-state index in [0.717, 1.165) is 36.8 Å². The van der Waals surface area contributed by atoms with Crippen molar-refractivity contribution in [3.63, 3.8) is 0 Å². The van der Waals surface area contributed by atoms with Gasteiger partial charge in [0.05, 0.1) is 11.0 Å². The Balaban J connectivity index is 2.19. The number of aromatic carboxylic acids is 1. The molecule has 4 heteroatoms. The summed E-state index contributed by atoms with van der Waals surface area (Å²) >= 11 is 0. The molecule has 1 saturated carbocycles. The van der Waals surface area contributed by atoms with Gasteiger partial charge in [0.25, 0.3) is 0 Å². The monoisotopic (exact) mass is 344 g/mol. The van der Waals surface area contributed by atoms with E-state index < -0.39 is 17.4 Å². The minimum absolute atomic E-state index is 0.0466. The zero-order valence-electron chi connectivity index (χ0n) is 15.6. The lowest BCUT2D eigenvalue weighted by atomic mass is 9.49. The van der Waals surface area contributed by atoms with Crippen molar-refractivity contribution >= 4 is 11.9 Å². The van der Waals surface area contributed by atoms with Crippen molar-refractivity contribution in [3.8, 4) is 0 Å². The first-order chi connectivity index (χ1) is 11.6. The van der Waals surface area contributed by atoms with Crippen molar-refractivity contribution in [2.24, 2.45) is 11.3 Å². The molecule has 3 atom stereocenters. The van der Waals surface area contributed by atoms with Gasteiger partial charge in [-0.05, 0) is 72.6 Å². The van der Waals surface area contributed by atoms with E-state index >= 15 is 0 Å². The number of carboxylic acid groups (broad SMARTS) is 2. The summed E-state index contributed by atoms with van der Waals surface area (Å²) in [5.74, 6) is -1.42. The highest BCUT2D eigenvalue weighted by atomic mass is 16.4. The van der Waals surface area contributed by atoms with Crippen LogP contribution in [0.1, 0.15) is 86.3 Å². The summed E-state index contributed by atoms with van der Waals surface area (Å²) in [6.07, 6.45) is 4.18. The molecule has 0 spiro atoms. The lowest BCUT2D eigenvalue weighted by Crippen LogP contribution is -2.52. The molecule has 136 valence electrons. The van der Waals surface area contributed by atoms with Crippen molar-refractivity contribution in [2.75, 3.05) is 0 Å². The second kappa shape index (κ2) is 5.86. The van der Waals surface area contributed by atoms with E-state index in [4.69, 9.17) is 0 Å². The number of aryl methyl sites for hydroxylation is 1. The molecule has 0 bridgehead atoms. The van der Waals surface area contributed by atoms with Crippen LogP contribution >= 0.6 is 0 Å². The third-order valence-corrected chi connectivity index (χ3v) is 6.86. The average Bonchev–Trinajstić information content (AvgIpc) is 2.53. The predicted octanol–water partition coefficient (Wildman–Crippen LogP) is 4.60. The van der Waals surface area contributed by atoms with Crippen LogP contribution in [-0.2, 0) is 16.6 Å². The van der Waals surface area contributed by atoms with Crippen LogP contribution in [-0.4, -0.2) is 22.2 Å². The zero-order valence-corrected chi connectivity index (χ0v) is 15.6. The second-order valence-corrected chi connectivity index (χ2v) is 8.64. The average molecular weight is 344 g/mol. The summed E-state index contributed by atoms with van der Waals surface area (Å²) < 4.78 is 0. The Kier molecular flexibility index (Phi) is 4.21. The predicted molar refractivity (Wildman–Crippen MR) is 96.2 cm³/mol. The lowest BCUT2D eigenvalue weighted by Gasteiger charge is -2.53. The van der Waals surface area contributed by atoms with Crippen LogP contribution in [0, 0.1) is 11.3 Å². The van der Waals surface area contributed by atoms with Crippen molar-refractivity contribution in [3.05, 3.63) is 34.4 Å². The van der Waals surface area contributed by atoms with Gasteiger partial charge in [-0.2, -0.15) is 0 Å². The minimum Gasteiger partial charge on any atom is -0.481 e. The fourth-order valence-electron chi connectivity index (χ4n) is 5.45. The standard InChI is InChI=1S/C21H28O4/c1-12(2)14-10-13-6-7-17-20(3,16(13)11-15(14)18(22)23)8-5-9-21(17,4)19(24)25/h10-12,17H,5-9H2,1-4H3,(H,22,23)(H,24,25). The summed E-state index contributed by atoms with van der Waals surface area (Å²) in [6, 6.07) is 3.92. The van der Waals surface area contributed by atoms with Gasteiger partial charge in [-0.1, -0.05) is 33.3 Å². The maximum absolute atomic E-state index is 12.0. The molecular formula is C21H28O4. The molecule has 2 aliphatic rings. The highest BCUT2D eigenvalue weighted by molar-refractivity contribution is 5.90. The van der Waals surface area contributed by atoms with Gasteiger partial charge in [0, 0.05) is 0 Å². The van der Waals surface area contributed by atoms with Crippen LogP contribution < -0.4 is 0 Å². The molecule has 3 unspecified atom stereocenters. The molecule has 0 heterocycles. The van der Waals surface area contributed by atoms with Crippen LogP contribution in [0.2, 0.25) is 0 Å². The number of hydrogen-bond acceptors (Lipinski definition) is 2. The van der Waals surface area contributed by atoms with E-state index in [0.29, 0.717) is 12.0 Å². The topological polar surface area (TPSA) is 74.6 Å². The first-order valence-electron chi connectivity index (χ1n) is 9.25. The van der Waals surface area contributed by atoms with E-state index in [1.165, 1.54) is 5.56 Å². The Morgan fingerprint density at radius 3 is 2.40 bits per heavy atom. The maximum atomic E-state index is 12.0. The molecule has 4 nitrogen and oxygen atoms in total. The molecular weight excluding hydrogens is 316 g/mol. The van der Waals surface area contributed by atoms with Gasteiger partial charge in [0.15, 0.2) is 0 Å². The van der Waals surface area contributed by atoms with Gasteiger partial charge < -0.3 is 10.2 Å². The van der Waals surface area contributed by atoms with Gasteiger partial charge in [-0.15, -0.1) is 0 Å². The highest BCUT2D eigenvalue weighted by Gasteiger charge is 2.55. The number of carbonyl (C=O) groups is 2. The van der Waals surface area contributed by atoms with Crippen molar-refractivity contribution in [2.45, 2.75) is 71.1 Å². The first-order valence-corrected chi connectivity index (χ1v) is 9.25. The van der Waals surface area contributed by atoms with Crippen LogP contribution in [0.5, 0.6) is 0 Å². The highest BCUT2D eigenvalue weighted by Crippen LogP contribution is 2.57. The van der Waals surface area contributed by atoms with Crippen molar-refractivity contribution in [1.29, 1.82) is 0 Å². The van der Waals surface area contributed by atoms with Gasteiger partial charge >= 0.3 is 11.9 Å². The smallest absolute Gasteiger partial charge is 0.335 e. The zero-order chi connectivity index (χ0) is 18.6. The Labute approximate surface area is 149 Å². The molecule has 0 aliphatic heterocycles. The third kappa shape index (κ3) is 2.57. The molecule has 0 amide bonds. The molecule has 0 aromatic heterocycles. The SMILES string of the molecule is CC(C)c1cc2c(cc1C(=O)O)C1(C)CCCC(C)(C(=O)O)C1CC2. The summed E-state index contributed by atoms with van der Waals surface area (Å²) in [7, 11) is 0. The van der Waals surface area contributed by atoms with Gasteiger partial charge in [-0.25, -0.2) is 4.79 Å². The molecule has 3 rings (SSSR count). The molecule has 2 N–H and O–H groups in total. The third-order valence-electron chi connectivity index (χ3n) is 6.86. The number of carboxylic acids is 2. The number of hydrogen-bond donors (Lipinski definition) is 2. The van der Waals surface area contributed by atoms with Crippen LogP contribution in [0.4, 0.5) is 0 Å². The fraction of sp³-hybridized carbons (Fsp3) is 0.619. The molecule has 1 aromatic carbocycles. The van der Waals surface area contributed by atoms with Gasteiger partial charge in [-0.3, -0.25) is 4.79 Å². The summed E-state index contributed by atoms with van der Waals surface area (Å²) in [4.78, 5) is 23.8. The Hall–Kier alpha value is -1.84. The van der Waals surface area contributed by atoms with Gasteiger partial charge in [0.2, 0.25) is 0 Å². The Bertz CT molecular complexity index is 736. The van der Waals surface area contributed by atoms with E-state index in [2.05, 4.69) is 13.0 Å². The van der Waals surface area contributed by atoms with Crippen LogP contribution in [0.25, 0.3) is 0 Å². The second-order valence-electron chi connectivity index (χ2n) is 8.64. The Morgan fingerprint density at radius 1 is 1.16 bits per heavy atom. The van der Waals surface area contributed by atoms with E-state index in [1.54, 1.807) is 0 Å². The number of rotatable bonds is 3. The van der Waals surface area contributed by atoms with Crippen molar-refractivity contribution < 1.29 is 19.8 Å². The first kappa shape index (κ1) is 18.0. The van der Waals surface area contributed by atoms with E-state index in [1.807, 2.05) is 26.8 Å². The molecule has 2 aliphatic carbocycles. The number of benzene rings is 1. The maximum Gasteiger partial charge on any atom is 0.335 e. The molecule has 25 heavy (non-hydrogen) atoms. The molecule has 0 saturated heterocycles. The molecule has 1 aromatic rings. The normalized spacial score (nSPS) is 31.3. The summed E-state index contributed by atoms with van der Waals surface area (Å²) in [5, 5.41) is 19.6. The number of aliphatic carboxylic acids is 1. The van der Waals surface area contributed by atoms with Crippen LogP contribution in [0.15, 0.2) is 12.1 Å². The minimum atomic E-state index is -0.894. The fourth-order valence-corrected chi connectivity index (χ4v) is 5.45. The van der Waals surface area contributed by atoms with E-state index in [-0.39, 0.29) is 17.3 Å². The largest absolute Gasteiger partial charge is 0.481 e. The Morgan fingerprint density at radius 2 is 1.84 bits per heavy atom. The van der Waals surface area contributed by atoms with Crippen LogP contribution in [0.3, 0.4) is 0 Å².